The van der Waals surface area contributed by atoms with Crippen molar-refractivity contribution in [1.29, 1.82) is 0 Å². The van der Waals surface area contributed by atoms with Gasteiger partial charge < -0.3 is 4.84 Å². The van der Waals surface area contributed by atoms with Crippen LogP contribution in [0, 0.1) is 0 Å². The van der Waals surface area contributed by atoms with Gasteiger partial charge in [0.1, 0.15) is 6.61 Å². The van der Waals surface area contributed by atoms with Crippen molar-refractivity contribution in [1.82, 2.24) is 0 Å². The van der Waals surface area contributed by atoms with Crippen LogP contribution >= 0.6 is 0 Å². The number of nitrogens with zero attached hydrogens (tertiary/aromatic N) is 1. The van der Waals surface area contributed by atoms with Gasteiger partial charge in [-0.15, -0.1) is 0 Å². The van der Waals surface area contributed by atoms with Gasteiger partial charge in [0.15, 0.2) is 0 Å². The van der Waals surface area contributed by atoms with Gasteiger partial charge in [0.25, 0.3) is 0 Å². The average molecular weight is 356 g/mol. The maximum absolute atomic E-state index is 11.3. The molecular weight excluding hydrogens is 336 g/mol. The van der Waals surface area contributed by atoms with Crippen molar-refractivity contribution in [3.8, 4) is 0 Å². The quantitative estimate of drug-likeness (QED) is 0.635. The lowest BCUT2D eigenvalue weighted by molar-refractivity contribution is 0.132. The molecule has 2 aromatic carbocycles. The van der Waals surface area contributed by atoms with E-state index in [1.165, 1.54) is 17.7 Å². The summed E-state index contributed by atoms with van der Waals surface area (Å²) in [6.07, 6.45) is 4.68. The van der Waals surface area contributed by atoms with E-state index < -0.39 is 10.0 Å². The van der Waals surface area contributed by atoms with Crippen LogP contribution in [0.5, 0.6) is 0 Å². The third kappa shape index (κ3) is 4.55. The topological polar surface area (TPSA) is 81.8 Å². The largest absolute Gasteiger partial charge is 0.391 e. The molecular formula is C19H20N2O3S. The summed E-state index contributed by atoms with van der Waals surface area (Å²) in [5.41, 5.74) is 4.36. The molecule has 0 unspecified atom stereocenters. The molecule has 0 aliphatic heterocycles. The zero-order valence-corrected chi connectivity index (χ0v) is 14.6. The second kappa shape index (κ2) is 7.63. The van der Waals surface area contributed by atoms with Crippen molar-refractivity contribution in [3.05, 3.63) is 71.3 Å². The van der Waals surface area contributed by atoms with Crippen LogP contribution in [0.15, 0.2) is 70.2 Å². The number of sulfonamides is 1. The Morgan fingerprint density at radius 2 is 1.76 bits per heavy atom. The molecule has 0 saturated heterocycles. The molecule has 1 aliphatic rings. The lowest BCUT2D eigenvalue weighted by atomic mass is 10.0. The highest BCUT2D eigenvalue weighted by Gasteiger charge is 2.16. The Hall–Kier alpha value is -2.44. The molecule has 130 valence electrons. The number of hydrogen-bond acceptors (Lipinski definition) is 4. The Labute approximate surface area is 147 Å². The van der Waals surface area contributed by atoms with Gasteiger partial charge in [-0.1, -0.05) is 47.6 Å². The number of hydrogen-bond donors (Lipinski definition) is 1. The van der Waals surface area contributed by atoms with Crippen LogP contribution in [0.25, 0.3) is 5.57 Å². The maximum atomic E-state index is 11.3. The number of rotatable bonds is 6. The first-order valence-electron chi connectivity index (χ1n) is 8.08. The van der Waals surface area contributed by atoms with E-state index in [9.17, 15) is 8.42 Å². The SMILES string of the molecule is NS(=O)(=O)c1ccc(C2=C(/C=N/OCc3ccccc3)CCC2)cc1. The molecule has 5 nitrogen and oxygen atoms in total. The fraction of sp³-hybridized carbons (Fsp3) is 0.211. The van der Waals surface area contributed by atoms with Crippen molar-refractivity contribution >= 4 is 21.8 Å². The summed E-state index contributed by atoms with van der Waals surface area (Å²) in [6.45, 7) is 0.434. The second-order valence-corrected chi connectivity index (χ2v) is 7.48. The van der Waals surface area contributed by atoms with Gasteiger partial charge in [0, 0.05) is 0 Å². The minimum absolute atomic E-state index is 0.122. The van der Waals surface area contributed by atoms with Gasteiger partial charge in [-0.3, -0.25) is 0 Å². The minimum atomic E-state index is -3.66. The number of benzene rings is 2. The molecule has 0 saturated carbocycles. The predicted octanol–water partition coefficient (Wildman–Crippen LogP) is 3.47. The lowest BCUT2D eigenvalue weighted by Crippen LogP contribution is -2.11. The molecule has 0 radical (unpaired) electrons. The summed E-state index contributed by atoms with van der Waals surface area (Å²) >= 11 is 0. The van der Waals surface area contributed by atoms with Crippen LogP contribution in [0.2, 0.25) is 0 Å². The Kier molecular flexibility index (Phi) is 5.31. The van der Waals surface area contributed by atoms with Gasteiger partial charge in [-0.2, -0.15) is 0 Å². The third-order valence-corrected chi connectivity index (χ3v) is 5.08. The molecule has 0 bridgehead atoms. The molecule has 0 spiro atoms. The van der Waals surface area contributed by atoms with Crippen LogP contribution in [-0.4, -0.2) is 14.6 Å². The molecule has 0 aromatic heterocycles. The van der Waals surface area contributed by atoms with E-state index in [2.05, 4.69) is 5.16 Å². The smallest absolute Gasteiger partial charge is 0.238 e. The van der Waals surface area contributed by atoms with E-state index >= 15 is 0 Å². The Morgan fingerprint density at radius 1 is 1.04 bits per heavy atom. The van der Waals surface area contributed by atoms with Crippen LogP contribution in [0.3, 0.4) is 0 Å². The van der Waals surface area contributed by atoms with E-state index in [1.807, 2.05) is 30.3 Å². The first-order valence-corrected chi connectivity index (χ1v) is 9.63. The molecule has 1 aliphatic carbocycles. The molecule has 2 N–H and O–H groups in total. The number of oxime groups is 1. The number of primary sulfonamides is 1. The highest BCUT2D eigenvalue weighted by Crippen LogP contribution is 2.33. The third-order valence-electron chi connectivity index (χ3n) is 4.15. The number of allylic oxidation sites excluding steroid dienone is 2. The molecule has 0 fully saturated rings. The zero-order valence-electron chi connectivity index (χ0n) is 13.8. The predicted molar refractivity (Wildman–Crippen MR) is 98.3 cm³/mol. The standard InChI is InChI=1S/C19H20N2O3S/c20-25(22,23)18-11-9-16(10-12-18)19-8-4-7-17(19)13-21-24-14-15-5-2-1-3-6-15/h1-3,5-6,9-13H,4,7-8,14H2,(H2,20,22,23)/b21-13+. The fourth-order valence-corrected chi connectivity index (χ4v) is 3.39. The summed E-state index contributed by atoms with van der Waals surface area (Å²) in [7, 11) is -3.66. The maximum Gasteiger partial charge on any atom is 0.238 e. The summed E-state index contributed by atoms with van der Waals surface area (Å²) in [4.78, 5) is 5.49. The Bertz CT molecular complexity index is 886. The van der Waals surface area contributed by atoms with E-state index in [0.29, 0.717) is 6.61 Å². The van der Waals surface area contributed by atoms with Gasteiger partial charge in [0.2, 0.25) is 10.0 Å². The van der Waals surface area contributed by atoms with Crippen LogP contribution in [-0.2, 0) is 21.5 Å². The van der Waals surface area contributed by atoms with Crippen molar-refractivity contribution < 1.29 is 13.3 Å². The summed E-state index contributed by atoms with van der Waals surface area (Å²) in [5.74, 6) is 0. The monoisotopic (exact) mass is 356 g/mol. The molecule has 25 heavy (non-hydrogen) atoms. The molecule has 0 heterocycles. The van der Waals surface area contributed by atoms with Crippen LogP contribution < -0.4 is 5.14 Å². The highest BCUT2D eigenvalue weighted by atomic mass is 32.2. The highest BCUT2D eigenvalue weighted by molar-refractivity contribution is 7.89. The Morgan fingerprint density at radius 3 is 2.44 bits per heavy atom. The fourth-order valence-electron chi connectivity index (χ4n) is 2.87. The van der Waals surface area contributed by atoms with Gasteiger partial charge in [-0.05, 0) is 53.7 Å². The van der Waals surface area contributed by atoms with Gasteiger partial charge in [-0.25, -0.2) is 13.6 Å². The summed E-state index contributed by atoms with van der Waals surface area (Å²) < 4.78 is 22.7. The minimum Gasteiger partial charge on any atom is -0.391 e. The van der Waals surface area contributed by atoms with Crippen molar-refractivity contribution in [3.63, 3.8) is 0 Å². The number of nitrogens with two attached hydrogens (primary N) is 1. The molecule has 6 heteroatoms. The van der Waals surface area contributed by atoms with E-state index in [-0.39, 0.29) is 4.90 Å². The summed E-state index contributed by atoms with van der Waals surface area (Å²) in [5, 5.41) is 9.22. The van der Waals surface area contributed by atoms with E-state index in [4.69, 9.17) is 9.98 Å². The van der Waals surface area contributed by atoms with Crippen molar-refractivity contribution in [2.45, 2.75) is 30.8 Å². The second-order valence-electron chi connectivity index (χ2n) is 5.92. The lowest BCUT2D eigenvalue weighted by Gasteiger charge is -2.06. The van der Waals surface area contributed by atoms with Gasteiger partial charge >= 0.3 is 0 Å². The normalized spacial score (nSPS) is 15.1. The first-order chi connectivity index (χ1) is 12.0. The molecule has 3 rings (SSSR count). The molecule has 2 aromatic rings. The average Bonchev–Trinajstić information content (AvgIpc) is 3.07. The summed E-state index contributed by atoms with van der Waals surface area (Å²) in [6, 6.07) is 16.5. The van der Waals surface area contributed by atoms with Crippen LogP contribution in [0.4, 0.5) is 0 Å². The van der Waals surface area contributed by atoms with E-state index in [0.717, 1.165) is 36.0 Å². The molecule has 0 atom stereocenters. The van der Waals surface area contributed by atoms with Crippen molar-refractivity contribution in [2.24, 2.45) is 10.3 Å². The van der Waals surface area contributed by atoms with E-state index in [1.54, 1.807) is 18.3 Å². The van der Waals surface area contributed by atoms with Crippen molar-refractivity contribution in [2.75, 3.05) is 0 Å². The Balaban J connectivity index is 1.70. The first kappa shape index (κ1) is 17.4. The van der Waals surface area contributed by atoms with Gasteiger partial charge in [0.05, 0.1) is 11.1 Å². The molecule has 0 amide bonds. The van der Waals surface area contributed by atoms with Crippen LogP contribution in [0.1, 0.15) is 30.4 Å². The zero-order chi connectivity index (χ0) is 17.7.